The molecule has 90 valence electrons. The van der Waals surface area contributed by atoms with E-state index >= 15 is 0 Å². The Morgan fingerprint density at radius 3 is 2.47 bits per heavy atom. The minimum Gasteiger partial charge on any atom is -0.330 e. The van der Waals surface area contributed by atoms with Gasteiger partial charge in [0.1, 0.15) is 0 Å². The standard InChI is InChI=1S/C9H21N3O2S/c1-2-11-15(13,14)12-7-4-9(3-6-10)5-8-12/h9,11H,2-8,10H2,1H3. The zero-order valence-corrected chi connectivity index (χ0v) is 10.1. The molecule has 1 rings (SSSR count). The maximum atomic E-state index is 11.6. The first-order valence-electron chi connectivity index (χ1n) is 5.55. The van der Waals surface area contributed by atoms with Gasteiger partial charge >= 0.3 is 0 Å². The molecule has 5 nitrogen and oxygen atoms in total. The van der Waals surface area contributed by atoms with Gasteiger partial charge in [0, 0.05) is 19.6 Å². The molecule has 0 aliphatic carbocycles. The van der Waals surface area contributed by atoms with Crippen LogP contribution in [0.2, 0.25) is 0 Å². The number of nitrogens with one attached hydrogen (secondary N) is 1. The van der Waals surface area contributed by atoms with Crippen molar-refractivity contribution < 1.29 is 8.42 Å². The largest absolute Gasteiger partial charge is 0.330 e. The molecule has 0 amide bonds. The second-order valence-corrected chi connectivity index (χ2v) is 5.68. The number of piperidine rings is 1. The molecular weight excluding hydrogens is 214 g/mol. The summed E-state index contributed by atoms with van der Waals surface area (Å²) in [7, 11) is -3.22. The molecule has 0 spiro atoms. The topological polar surface area (TPSA) is 75.4 Å². The van der Waals surface area contributed by atoms with Crippen LogP contribution in [0, 0.1) is 5.92 Å². The van der Waals surface area contributed by atoms with Gasteiger partial charge in [-0.25, -0.2) is 4.72 Å². The van der Waals surface area contributed by atoms with E-state index in [4.69, 9.17) is 5.73 Å². The van der Waals surface area contributed by atoms with Gasteiger partial charge in [-0.1, -0.05) is 6.92 Å². The van der Waals surface area contributed by atoms with E-state index in [-0.39, 0.29) is 0 Å². The molecule has 0 aromatic rings. The van der Waals surface area contributed by atoms with Crippen LogP contribution in [0.1, 0.15) is 26.2 Å². The molecule has 0 aromatic carbocycles. The van der Waals surface area contributed by atoms with E-state index in [2.05, 4.69) is 4.72 Å². The van der Waals surface area contributed by atoms with Crippen LogP contribution in [0.3, 0.4) is 0 Å². The normalized spacial score (nSPS) is 20.7. The predicted molar refractivity (Wildman–Crippen MR) is 60.6 cm³/mol. The Labute approximate surface area is 92.2 Å². The Balaban J connectivity index is 2.43. The number of hydrogen-bond donors (Lipinski definition) is 2. The fourth-order valence-electron chi connectivity index (χ4n) is 1.95. The molecule has 0 bridgehead atoms. The second kappa shape index (κ2) is 5.79. The summed E-state index contributed by atoms with van der Waals surface area (Å²) < 4.78 is 27.3. The minimum atomic E-state index is -3.22. The number of rotatable bonds is 5. The van der Waals surface area contributed by atoms with E-state index in [1.165, 1.54) is 4.31 Å². The van der Waals surface area contributed by atoms with Gasteiger partial charge in [0.25, 0.3) is 10.2 Å². The lowest BCUT2D eigenvalue weighted by Crippen LogP contribution is -2.45. The molecule has 1 saturated heterocycles. The van der Waals surface area contributed by atoms with Gasteiger partial charge < -0.3 is 5.73 Å². The van der Waals surface area contributed by atoms with Crippen LogP contribution in [-0.2, 0) is 10.2 Å². The molecule has 0 unspecified atom stereocenters. The molecule has 1 aliphatic rings. The lowest BCUT2D eigenvalue weighted by Gasteiger charge is -2.30. The lowest BCUT2D eigenvalue weighted by atomic mass is 9.95. The summed E-state index contributed by atoms with van der Waals surface area (Å²) in [6, 6.07) is 0. The fraction of sp³-hybridized carbons (Fsp3) is 1.00. The van der Waals surface area contributed by atoms with Gasteiger partial charge in [-0.3, -0.25) is 0 Å². The first-order chi connectivity index (χ1) is 7.10. The third kappa shape index (κ3) is 3.71. The van der Waals surface area contributed by atoms with E-state index in [1.54, 1.807) is 6.92 Å². The van der Waals surface area contributed by atoms with Crippen LogP contribution >= 0.6 is 0 Å². The summed E-state index contributed by atoms with van der Waals surface area (Å²) in [4.78, 5) is 0. The Bertz CT molecular complexity index is 271. The SMILES string of the molecule is CCNS(=O)(=O)N1CCC(CCN)CC1. The quantitative estimate of drug-likeness (QED) is 0.699. The highest BCUT2D eigenvalue weighted by atomic mass is 32.2. The molecule has 1 aliphatic heterocycles. The van der Waals surface area contributed by atoms with Crippen molar-refractivity contribution in [2.75, 3.05) is 26.2 Å². The van der Waals surface area contributed by atoms with Crippen molar-refractivity contribution in [1.82, 2.24) is 9.03 Å². The van der Waals surface area contributed by atoms with Crippen molar-refractivity contribution >= 4 is 10.2 Å². The van der Waals surface area contributed by atoms with Crippen LogP contribution < -0.4 is 10.5 Å². The smallest absolute Gasteiger partial charge is 0.279 e. The number of nitrogens with two attached hydrogens (primary N) is 1. The Morgan fingerprint density at radius 2 is 2.00 bits per heavy atom. The summed E-state index contributed by atoms with van der Waals surface area (Å²) in [5, 5.41) is 0. The van der Waals surface area contributed by atoms with Crippen molar-refractivity contribution in [1.29, 1.82) is 0 Å². The monoisotopic (exact) mass is 235 g/mol. The van der Waals surface area contributed by atoms with E-state index in [9.17, 15) is 8.42 Å². The molecule has 0 aromatic heterocycles. The van der Waals surface area contributed by atoms with Gasteiger partial charge in [-0.2, -0.15) is 12.7 Å². The van der Waals surface area contributed by atoms with Crippen molar-refractivity contribution in [3.05, 3.63) is 0 Å². The molecule has 0 saturated carbocycles. The zero-order chi connectivity index (χ0) is 11.3. The lowest BCUT2D eigenvalue weighted by molar-refractivity contribution is 0.263. The first kappa shape index (κ1) is 12.9. The maximum absolute atomic E-state index is 11.6. The van der Waals surface area contributed by atoms with Gasteiger partial charge in [0.05, 0.1) is 0 Å². The average molecular weight is 235 g/mol. The van der Waals surface area contributed by atoms with E-state index in [0.717, 1.165) is 19.3 Å². The van der Waals surface area contributed by atoms with Gasteiger partial charge in [0.15, 0.2) is 0 Å². The molecule has 0 atom stereocenters. The highest BCUT2D eigenvalue weighted by molar-refractivity contribution is 7.87. The van der Waals surface area contributed by atoms with Crippen molar-refractivity contribution in [3.63, 3.8) is 0 Å². The van der Waals surface area contributed by atoms with E-state index in [1.807, 2.05) is 0 Å². The van der Waals surface area contributed by atoms with Crippen LogP contribution in [0.4, 0.5) is 0 Å². The van der Waals surface area contributed by atoms with Gasteiger partial charge in [-0.05, 0) is 31.7 Å². The fourth-order valence-corrected chi connectivity index (χ4v) is 3.19. The first-order valence-corrected chi connectivity index (χ1v) is 6.99. The molecule has 1 heterocycles. The summed E-state index contributed by atoms with van der Waals surface area (Å²) in [5.74, 6) is 0.600. The van der Waals surface area contributed by atoms with Gasteiger partial charge in [-0.15, -0.1) is 0 Å². The Kier molecular flexibility index (Phi) is 4.98. The highest BCUT2D eigenvalue weighted by Gasteiger charge is 2.26. The zero-order valence-electron chi connectivity index (χ0n) is 9.28. The number of hydrogen-bond acceptors (Lipinski definition) is 3. The summed E-state index contributed by atoms with van der Waals surface area (Å²) in [5.41, 5.74) is 5.48. The van der Waals surface area contributed by atoms with Crippen LogP contribution in [0.25, 0.3) is 0 Å². The van der Waals surface area contributed by atoms with E-state index in [0.29, 0.717) is 32.1 Å². The summed E-state index contributed by atoms with van der Waals surface area (Å²) >= 11 is 0. The molecule has 1 fully saturated rings. The molecule has 3 N–H and O–H groups in total. The number of nitrogens with zero attached hydrogens (tertiary/aromatic N) is 1. The van der Waals surface area contributed by atoms with Crippen molar-refractivity contribution in [2.24, 2.45) is 11.7 Å². The third-order valence-electron chi connectivity index (χ3n) is 2.82. The Morgan fingerprint density at radius 1 is 1.40 bits per heavy atom. The van der Waals surface area contributed by atoms with Crippen LogP contribution in [0.5, 0.6) is 0 Å². The Hall–Kier alpha value is -0.170. The third-order valence-corrected chi connectivity index (χ3v) is 4.51. The molecule has 6 heteroatoms. The predicted octanol–water partition coefficient (Wildman–Crippen LogP) is -0.0985. The maximum Gasteiger partial charge on any atom is 0.279 e. The van der Waals surface area contributed by atoms with Crippen LogP contribution in [0.15, 0.2) is 0 Å². The average Bonchev–Trinajstić information content (AvgIpc) is 2.19. The molecule has 0 radical (unpaired) electrons. The summed E-state index contributed by atoms with van der Waals surface area (Å²) in [6.07, 6.45) is 2.87. The molecule has 15 heavy (non-hydrogen) atoms. The van der Waals surface area contributed by atoms with E-state index < -0.39 is 10.2 Å². The summed E-state index contributed by atoms with van der Waals surface area (Å²) in [6.45, 7) is 4.19. The van der Waals surface area contributed by atoms with Crippen molar-refractivity contribution in [2.45, 2.75) is 26.2 Å². The highest BCUT2D eigenvalue weighted by Crippen LogP contribution is 2.21. The van der Waals surface area contributed by atoms with Gasteiger partial charge in [0.2, 0.25) is 0 Å². The van der Waals surface area contributed by atoms with Crippen molar-refractivity contribution in [3.8, 4) is 0 Å². The minimum absolute atomic E-state index is 0.449. The second-order valence-electron chi connectivity index (χ2n) is 3.92. The van der Waals surface area contributed by atoms with Crippen LogP contribution in [-0.4, -0.2) is 38.9 Å². The molecular formula is C9H21N3O2S.